The highest BCUT2D eigenvalue weighted by Gasteiger charge is 2.39. The topological polar surface area (TPSA) is 29.3 Å². The van der Waals surface area contributed by atoms with Crippen LogP contribution in [0.1, 0.15) is 19.3 Å². The van der Waals surface area contributed by atoms with Crippen LogP contribution in [0.5, 0.6) is 0 Å². The van der Waals surface area contributed by atoms with Crippen LogP contribution in [0.4, 0.5) is 20.2 Å². The summed E-state index contributed by atoms with van der Waals surface area (Å²) in [6.07, 6.45) is 0.655. The van der Waals surface area contributed by atoms with E-state index < -0.39 is 5.92 Å². The fraction of sp³-hybridized carbons (Fsp3) is 0.538. The summed E-state index contributed by atoms with van der Waals surface area (Å²) >= 11 is 0. The maximum Gasteiger partial charge on any atom is 0.248 e. The first kappa shape index (κ1) is 12.1. The molecule has 1 aromatic carbocycles. The van der Waals surface area contributed by atoms with E-state index in [4.69, 9.17) is 5.73 Å². The molecule has 0 heterocycles. The molecular formula is C13H18F2N2. The molecular weight excluding hydrogens is 222 g/mol. The smallest absolute Gasteiger partial charge is 0.248 e. The van der Waals surface area contributed by atoms with Gasteiger partial charge in [-0.25, -0.2) is 8.78 Å². The van der Waals surface area contributed by atoms with Crippen LogP contribution < -0.4 is 10.6 Å². The summed E-state index contributed by atoms with van der Waals surface area (Å²) in [5.74, 6) is -2.38. The summed E-state index contributed by atoms with van der Waals surface area (Å²) < 4.78 is 26.1. The Labute approximate surface area is 100 Å². The first-order chi connectivity index (χ1) is 7.96. The molecule has 1 fully saturated rings. The van der Waals surface area contributed by atoms with Gasteiger partial charge in [-0.3, -0.25) is 0 Å². The van der Waals surface area contributed by atoms with E-state index in [1.54, 1.807) is 0 Å². The first-order valence-corrected chi connectivity index (χ1v) is 5.91. The van der Waals surface area contributed by atoms with Crippen LogP contribution >= 0.6 is 0 Å². The highest BCUT2D eigenvalue weighted by molar-refractivity contribution is 5.55. The van der Waals surface area contributed by atoms with Crippen LogP contribution in [0.25, 0.3) is 0 Å². The fourth-order valence-electron chi connectivity index (χ4n) is 2.45. The molecule has 0 amide bonds. The van der Waals surface area contributed by atoms with Gasteiger partial charge in [-0.05, 0) is 30.5 Å². The van der Waals surface area contributed by atoms with Gasteiger partial charge in [0.15, 0.2) is 0 Å². The monoisotopic (exact) mass is 240 g/mol. The van der Waals surface area contributed by atoms with Crippen LogP contribution in [0.15, 0.2) is 24.3 Å². The summed E-state index contributed by atoms with van der Waals surface area (Å²) in [6, 6.07) is 7.52. The number of nitrogens with zero attached hydrogens (tertiary/aromatic N) is 1. The Balaban J connectivity index is 1.96. The minimum atomic E-state index is -2.46. The normalized spacial score (nSPS) is 22.6. The van der Waals surface area contributed by atoms with Crippen molar-refractivity contribution in [3.8, 4) is 0 Å². The zero-order valence-electron chi connectivity index (χ0n) is 10.00. The molecule has 1 unspecified atom stereocenters. The SMILES string of the molecule is CN(CC1CCC(F)(F)C1)c1cccc(N)c1. The van der Waals surface area contributed by atoms with Crippen LogP contribution in [-0.4, -0.2) is 19.5 Å². The third kappa shape index (κ3) is 3.08. The largest absolute Gasteiger partial charge is 0.399 e. The Hall–Kier alpha value is -1.32. The Morgan fingerprint density at radius 1 is 1.47 bits per heavy atom. The van der Waals surface area contributed by atoms with E-state index in [0.29, 0.717) is 18.7 Å². The fourth-order valence-corrected chi connectivity index (χ4v) is 2.45. The molecule has 1 atom stereocenters. The van der Waals surface area contributed by atoms with Crippen LogP contribution in [0.3, 0.4) is 0 Å². The summed E-state index contributed by atoms with van der Waals surface area (Å²) in [4.78, 5) is 2.00. The second-order valence-corrected chi connectivity index (χ2v) is 4.94. The maximum atomic E-state index is 13.1. The van der Waals surface area contributed by atoms with Crippen molar-refractivity contribution in [2.45, 2.75) is 25.2 Å². The predicted molar refractivity (Wildman–Crippen MR) is 66.4 cm³/mol. The van der Waals surface area contributed by atoms with Crippen molar-refractivity contribution in [1.29, 1.82) is 0 Å². The Kier molecular flexibility index (Phi) is 3.22. The number of alkyl halides is 2. The van der Waals surface area contributed by atoms with Gasteiger partial charge in [0.25, 0.3) is 0 Å². The second kappa shape index (κ2) is 4.51. The zero-order chi connectivity index (χ0) is 12.5. The van der Waals surface area contributed by atoms with Crippen molar-refractivity contribution in [2.24, 2.45) is 5.92 Å². The van der Waals surface area contributed by atoms with Crippen molar-refractivity contribution in [3.05, 3.63) is 24.3 Å². The summed E-state index contributed by atoms with van der Waals surface area (Å²) in [7, 11) is 1.92. The number of hydrogen-bond donors (Lipinski definition) is 1. The van der Waals surface area contributed by atoms with E-state index >= 15 is 0 Å². The molecule has 1 aliphatic carbocycles. The van der Waals surface area contributed by atoms with Crippen molar-refractivity contribution < 1.29 is 8.78 Å². The second-order valence-electron chi connectivity index (χ2n) is 4.94. The number of halogens is 2. The van der Waals surface area contributed by atoms with Gasteiger partial charge in [-0.1, -0.05) is 6.07 Å². The van der Waals surface area contributed by atoms with E-state index in [2.05, 4.69) is 0 Å². The van der Waals surface area contributed by atoms with Crippen LogP contribution in [0, 0.1) is 5.92 Å². The van der Waals surface area contributed by atoms with Crippen LogP contribution in [0.2, 0.25) is 0 Å². The molecule has 0 radical (unpaired) electrons. The molecule has 1 saturated carbocycles. The Morgan fingerprint density at radius 2 is 2.24 bits per heavy atom. The third-order valence-electron chi connectivity index (χ3n) is 3.35. The molecule has 4 heteroatoms. The van der Waals surface area contributed by atoms with Gasteiger partial charge in [0.2, 0.25) is 5.92 Å². The Morgan fingerprint density at radius 3 is 2.82 bits per heavy atom. The zero-order valence-corrected chi connectivity index (χ0v) is 10.00. The maximum absolute atomic E-state index is 13.1. The van der Waals surface area contributed by atoms with E-state index in [1.807, 2.05) is 36.2 Å². The molecule has 0 aromatic heterocycles. The van der Waals surface area contributed by atoms with Gasteiger partial charge in [0.1, 0.15) is 0 Å². The molecule has 0 spiro atoms. The average Bonchev–Trinajstić information content (AvgIpc) is 2.58. The van der Waals surface area contributed by atoms with Crippen molar-refractivity contribution >= 4 is 11.4 Å². The van der Waals surface area contributed by atoms with E-state index in [1.165, 1.54) is 0 Å². The Bertz CT molecular complexity index is 393. The minimum Gasteiger partial charge on any atom is -0.399 e. The number of rotatable bonds is 3. The van der Waals surface area contributed by atoms with Gasteiger partial charge in [-0.2, -0.15) is 0 Å². The standard InChI is InChI=1S/C13H18F2N2/c1-17(12-4-2-3-11(16)7-12)9-10-5-6-13(14,15)8-10/h2-4,7,10H,5-6,8-9,16H2,1H3. The molecule has 0 bridgehead atoms. The van der Waals surface area contributed by atoms with E-state index in [-0.39, 0.29) is 18.8 Å². The molecule has 17 heavy (non-hydrogen) atoms. The molecule has 2 nitrogen and oxygen atoms in total. The van der Waals surface area contributed by atoms with Gasteiger partial charge in [0.05, 0.1) is 0 Å². The molecule has 2 N–H and O–H groups in total. The van der Waals surface area contributed by atoms with Gasteiger partial charge < -0.3 is 10.6 Å². The average molecular weight is 240 g/mol. The highest BCUT2D eigenvalue weighted by Crippen LogP contribution is 2.39. The van der Waals surface area contributed by atoms with Gasteiger partial charge in [0, 0.05) is 37.8 Å². The van der Waals surface area contributed by atoms with Crippen molar-refractivity contribution in [3.63, 3.8) is 0 Å². The quantitative estimate of drug-likeness (QED) is 0.822. The number of nitrogens with two attached hydrogens (primary N) is 1. The van der Waals surface area contributed by atoms with E-state index in [0.717, 1.165) is 5.69 Å². The lowest BCUT2D eigenvalue weighted by atomic mass is 10.1. The van der Waals surface area contributed by atoms with Crippen LogP contribution in [-0.2, 0) is 0 Å². The predicted octanol–water partition coefficient (Wildman–Crippen LogP) is 3.14. The molecule has 0 saturated heterocycles. The lowest BCUT2D eigenvalue weighted by Gasteiger charge is -2.23. The molecule has 94 valence electrons. The lowest BCUT2D eigenvalue weighted by molar-refractivity contribution is 0.00538. The number of anilines is 2. The first-order valence-electron chi connectivity index (χ1n) is 5.91. The summed E-state index contributed by atoms with van der Waals surface area (Å²) in [5, 5.41) is 0. The van der Waals surface area contributed by atoms with Crippen molar-refractivity contribution in [1.82, 2.24) is 0 Å². The lowest BCUT2D eigenvalue weighted by Crippen LogP contribution is -2.25. The van der Waals surface area contributed by atoms with Gasteiger partial charge in [-0.15, -0.1) is 0 Å². The number of benzene rings is 1. The minimum absolute atomic E-state index is 0.0135. The third-order valence-corrected chi connectivity index (χ3v) is 3.35. The molecule has 1 aromatic rings. The molecule has 2 rings (SSSR count). The van der Waals surface area contributed by atoms with E-state index in [9.17, 15) is 8.78 Å². The number of hydrogen-bond acceptors (Lipinski definition) is 2. The highest BCUT2D eigenvalue weighted by atomic mass is 19.3. The summed E-state index contributed by atoms with van der Waals surface area (Å²) in [6.45, 7) is 0.666. The summed E-state index contributed by atoms with van der Waals surface area (Å²) in [5.41, 5.74) is 7.39. The molecule has 0 aliphatic heterocycles. The van der Waals surface area contributed by atoms with Gasteiger partial charge >= 0.3 is 0 Å². The molecule has 1 aliphatic rings. The van der Waals surface area contributed by atoms with Crippen molar-refractivity contribution in [2.75, 3.05) is 24.2 Å². The number of nitrogen functional groups attached to an aromatic ring is 1.